The molecule has 9 heteroatoms. The molecule has 0 spiro atoms. The van der Waals surface area contributed by atoms with Gasteiger partial charge in [0.2, 0.25) is 0 Å². The Balaban J connectivity index is 4.81. The number of alkyl halides is 1. The zero-order valence-corrected chi connectivity index (χ0v) is 16.1. The standard InChI is InChI=1S/C10H16Br2IN3O3/c1-15(16(2)10(18)19-3)9(17)7(6-14)4-8(11)5-13-12/h5-6,8H,4,14H2,1-3H3/b7-6-/t8-/m0/s1. The quantitative estimate of drug-likeness (QED) is 0.271. The number of likely N-dealkylation sites (N-methyl/N-ethyl adjacent to an activating group) is 1. The molecule has 110 valence electrons. The number of nitrogens with two attached hydrogens (primary N) is 1. The van der Waals surface area contributed by atoms with Gasteiger partial charge in [0.1, 0.15) is 0 Å². The summed E-state index contributed by atoms with van der Waals surface area (Å²) in [7, 11) is 4.17. The average Bonchev–Trinajstić information content (AvgIpc) is 2.41. The second-order valence-electron chi connectivity index (χ2n) is 3.44. The van der Waals surface area contributed by atoms with E-state index in [1.165, 1.54) is 27.4 Å². The van der Waals surface area contributed by atoms with Crippen molar-refractivity contribution in [2.24, 2.45) is 5.73 Å². The van der Waals surface area contributed by atoms with Crippen molar-refractivity contribution >= 4 is 63.1 Å². The van der Waals surface area contributed by atoms with E-state index in [0.29, 0.717) is 12.0 Å². The lowest BCUT2D eigenvalue weighted by molar-refractivity contribution is -0.137. The summed E-state index contributed by atoms with van der Waals surface area (Å²) in [4.78, 5) is 23.6. The lowest BCUT2D eigenvalue weighted by Gasteiger charge is -2.27. The van der Waals surface area contributed by atoms with Crippen LogP contribution in [0.15, 0.2) is 11.8 Å². The highest BCUT2D eigenvalue weighted by Gasteiger charge is 2.23. The van der Waals surface area contributed by atoms with Gasteiger partial charge in [0, 0.05) is 30.7 Å². The van der Waals surface area contributed by atoms with Crippen LogP contribution in [-0.4, -0.2) is 52.1 Å². The first-order chi connectivity index (χ1) is 8.88. The summed E-state index contributed by atoms with van der Waals surface area (Å²) in [6.07, 6.45) is 1.10. The molecular formula is C10H16Br2IN3O3. The van der Waals surface area contributed by atoms with Crippen LogP contribution in [0.1, 0.15) is 6.42 Å². The van der Waals surface area contributed by atoms with Crippen LogP contribution < -0.4 is 5.73 Å². The Morgan fingerprint density at radius 3 is 2.42 bits per heavy atom. The van der Waals surface area contributed by atoms with Crippen LogP contribution in [-0.2, 0) is 9.53 Å². The average molecular weight is 513 g/mol. The molecule has 0 aliphatic rings. The minimum Gasteiger partial charge on any atom is -0.452 e. The number of rotatable bonds is 4. The van der Waals surface area contributed by atoms with E-state index in [4.69, 9.17) is 5.73 Å². The Hall–Kier alpha value is -0.160. The van der Waals surface area contributed by atoms with Crippen LogP contribution >= 0.6 is 47.1 Å². The molecule has 2 N–H and O–H groups in total. The zero-order valence-electron chi connectivity index (χ0n) is 10.8. The molecule has 6 nitrogen and oxygen atoms in total. The van der Waals surface area contributed by atoms with Crippen LogP contribution in [0.2, 0.25) is 0 Å². The molecule has 0 aromatic heterocycles. The molecule has 0 aliphatic heterocycles. The summed E-state index contributed by atoms with van der Waals surface area (Å²) in [6.45, 7) is 0. The Bertz CT molecular complexity index is 390. The zero-order chi connectivity index (χ0) is 15.0. The molecule has 0 rings (SSSR count). The van der Waals surface area contributed by atoms with E-state index in [1.807, 2.05) is 0 Å². The highest BCUT2D eigenvalue weighted by Crippen LogP contribution is 2.17. The minimum absolute atomic E-state index is 0.0651. The molecule has 0 fully saturated rings. The van der Waals surface area contributed by atoms with E-state index in [9.17, 15) is 9.59 Å². The summed E-state index contributed by atoms with van der Waals surface area (Å²) in [5.41, 5.74) is 5.90. The summed E-state index contributed by atoms with van der Waals surface area (Å²) in [5, 5.41) is 2.24. The van der Waals surface area contributed by atoms with Crippen LogP contribution in [0, 0.1) is 0 Å². The van der Waals surface area contributed by atoms with E-state index < -0.39 is 6.09 Å². The van der Waals surface area contributed by atoms with E-state index >= 15 is 0 Å². The van der Waals surface area contributed by atoms with Gasteiger partial charge in [0.15, 0.2) is 0 Å². The predicted molar refractivity (Wildman–Crippen MR) is 91.6 cm³/mol. The SMILES string of the molecule is COC(=O)N(C)N(C)C(=O)/C(=C\N)C[C@H](Br)C=IBr. The number of halogens is 3. The lowest BCUT2D eigenvalue weighted by Crippen LogP contribution is -2.45. The highest BCUT2D eigenvalue weighted by molar-refractivity contribution is 14.3. The number of carbonyl (C=O) groups is 2. The number of amides is 2. The van der Waals surface area contributed by atoms with Gasteiger partial charge in [-0.3, -0.25) is 4.79 Å². The molecule has 0 saturated carbocycles. The van der Waals surface area contributed by atoms with Crippen molar-refractivity contribution in [2.45, 2.75) is 11.2 Å². The fourth-order valence-corrected chi connectivity index (χ4v) is 6.12. The number of nitrogens with zero attached hydrogens (tertiary/aromatic N) is 2. The summed E-state index contributed by atoms with van der Waals surface area (Å²) in [6, 6.07) is 0. The molecule has 0 aromatic rings. The van der Waals surface area contributed by atoms with Gasteiger partial charge in [-0.05, 0) is 41.6 Å². The van der Waals surface area contributed by atoms with Crippen LogP contribution in [0.25, 0.3) is 0 Å². The van der Waals surface area contributed by atoms with Crippen molar-refractivity contribution in [3.05, 3.63) is 11.8 Å². The van der Waals surface area contributed by atoms with E-state index in [0.717, 1.165) is 10.0 Å². The van der Waals surface area contributed by atoms with Crippen LogP contribution in [0.3, 0.4) is 0 Å². The maximum absolute atomic E-state index is 12.2. The van der Waals surface area contributed by atoms with E-state index in [2.05, 4.69) is 37.4 Å². The second-order valence-corrected chi connectivity index (χ2v) is 8.13. The third kappa shape index (κ3) is 6.21. The van der Waals surface area contributed by atoms with Crippen molar-refractivity contribution in [3.8, 4) is 0 Å². The Kier molecular flexibility index (Phi) is 9.62. The first kappa shape index (κ1) is 18.8. The monoisotopic (exact) mass is 511 g/mol. The smallest absolute Gasteiger partial charge is 0.428 e. The number of hydrogen-bond acceptors (Lipinski definition) is 4. The Morgan fingerprint density at radius 2 is 2.00 bits per heavy atom. The topological polar surface area (TPSA) is 75.9 Å². The Morgan fingerprint density at radius 1 is 1.42 bits per heavy atom. The van der Waals surface area contributed by atoms with Crippen molar-refractivity contribution in [1.29, 1.82) is 0 Å². The predicted octanol–water partition coefficient (Wildman–Crippen LogP) is 2.14. The fourth-order valence-electron chi connectivity index (χ4n) is 1.13. The number of ether oxygens (including phenoxy) is 1. The normalized spacial score (nSPS) is 13.6. The summed E-state index contributed by atoms with van der Waals surface area (Å²) in [5.74, 6) is -0.346. The Labute approximate surface area is 136 Å². The van der Waals surface area contributed by atoms with Gasteiger partial charge >= 0.3 is 6.09 Å². The number of hydrazine groups is 1. The largest absolute Gasteiger partial charge is 0.452 e. The van der Waals surface area contributed by atoms with Gasteiger partial charge in [-0.2, -0.15) is 0 Å². The number of hydrogen-bond donors (Lipinski definition) is 1. The lowest BCUT2D eigenvalue weighted by atomic mass is 10.1. The molecule has 0 aliphatic carbocycles. The van der Waals surface area contributed by atoms with Crippen molar-refractivity contribution in [3.63, 3.8) is 0 Å². The highest BCUT2D eigenvalue weighted by atomic mass is 127. The van der Waals surface area contributed by atoms with Gasteiger partial charge in [0.05, 0.1) is 7.11 Å². The third-order valence-electron chi connectivity index (χ3n) is 2.26. The molecule has 0 unspecified atom stereocenters. The first-order valence-corrected chi connectivity index (χ1v) is 12.1. The van der Waals surface area contributed by atoms with Crippen molar-refractivity contribution in [1.82, 2.24) is 10.0 Å². The summed E-state index contributed by atoms with van der Waals surface area (Å²) >= 11 is 6.67. The molecule has 0 bridgehead atoms. The molecule has 0 heterocycles. The van der Waals surface area contributed by atoms with E-state index in [1.54, 1.807) is 0 Å². The minimum atomic E-state index is -0.625. The molecule has 0 aromatic carbocycles. The van der Waals surface area contributed by atoms with Gasteiger partial charge in [-0.15, -0.1) is 0 Å². The van der Waals surface area contributed by atoms with E-state index in [-0.39, 0.29) is 29.2 Å². The van der Waals surface area contributed by atoms with Gasteiger partial charge in [-0.25, -0.2) is 14.8 Å². The molecular weight excluding hydrogens is 497 g/mol. The van der Waals surface area contributed by atoms with Gasteiger partial charge in [-0.1, -0.05) is 15.9 Å². The third-order valence-corrected chi connectivity index (χ3v) is 6.31. The molecule has 0 radical (unpaired) electrons. The fraction of sp³-hybridized carbons (Fsp3) is 0.500. The second kappa shape index (κ2) is 9.70. The number of methoxy groups -OCH3 is 1. The molecule has 2 amide bonds. The first-order valence-electron chi connectivity index (χ1n) is 5.11. The van der Waals surface area contributed by atoms with Gasteiger partial charge in [0.25, 0.3) is 5.91 Å². The number of carbonyl (C=O) groups excluding carboxylic acids is 2. The molecule has 19 heavy (non-hydrogen) atoms. The maximum Gasteiger partial charge on any atom is 0.428 e. The summed E-state index contributed by atoms with van der Waals surface area (Å²) < 4.78 is 6.60. The maximum atomic E-state index is 12.2. The van der Waals surface area contributed by atoms with Crippen LogP contribution in [0.5, 0.6) is 0 Å². The molecule has 1 atom stereocenters. The van der Waals surface area contributed by atoms with Crippen molar-refractivity contribution in [2.75, 3.05) is 21.2 Å². The molecule has 0 saturated heterocycles. The van der Waals surface area contributed by atoms with Crippen LogP contribution in [0.4, 0.5) is 4.79 Å². The van der Waals surface area contributed by atoms with Gasteiger partial charge < -0.3 is 10.5 Å². The van der Waals surface area contributed by atoms with Crippen molar-refractivity contribution < 1.29 is 14.3 Å².